The molecular weight excluding hydrogens is 394 g/mol. The van der Waals surface area contributed by atoms with Gasteiger partial charge < -0.3 is 9.84 Å². The van der Waals surface area contributed by atoms with Crippen molar-refractivity contribution in [2.24, 2.45) is 0 Å². The molecule has 1 saturated heterocycles. The third kappa shape index (κ3) is 4.82. The van der Waals surface area contributed by atoms with Gasteiger partial charge in [0.05, 0.1) is 10.9 Å². The van der Waals surface area contributed by atoms with E-state index in [4.69, 9.17) is 4.52 Å². The minimum Gasteiger partial charge on any atom is -0.355 e. The second-order valence-electron chi connectivity index (χ2n) is 8.20. The molecule has 0 radical (unpaired) electrons. The van der Waals surface area contributed by atoms with Gasteiger partial charge in [0.2, 0.25) is 0 Å². The minimum absolute atomic E-state index is 0.166. The van der Waals surface area contributed by atoms with Gasteiger partial charge in [0.25, 0.3) is 5.91 Å². The van der Waals surface area contributed by atoms with Crippen molar-refractivity contribution in [3.8, 4) is 10.6 Å². The highest BCUT2D eigenvalue weighted by Gasteiger charge is 2.24. The van der Waals surface area contributed by atoms with Gasteiger partial charge in [0, 0.05) is 12.6 Å². The van der Waals surface area contributed by atoms with E-state index in [9.17, 15) is 4.79 Å². The van der Waals surface area contributed by atoms with Crippen molar-refractivity contribution in [3.05, 3.63) is 64.7 Å². The number of hydrogen-bond donors (Lipinski definition) is 1. The van der Waals surface area contributed by atoms with Crippen LogP contribution < -0.4 is 5.32 Å². The summed E-state index contributed by atoms with van der Waals surface area (Å²) in [6.45, 7) is 7.11. The first-order valence-corrected chi connectivity index (χ1v) is 11.6. The number of carbonyl (C=O) groups excluding carboxylic acids is 1. The highest BCUT2D eigenvalue weighted by Crippen LogP contribution is 2.27. The van der Waals surface area contributed by atoms with Gasteiger partial charge in [-0.2, -0.15) is 0 Å². The lowest BCUT2D eigenvalue weighted by Crippen LogP contribution is -2.40. The Bertz CT molecular complexity index is 941. The fourth-order valence-corrected chi connectivity index (χ4v) is 4.66. The number of amides is 1. The average Bonchev–Trinajstić information content (AvgIpc) is 3.47. The molecule has 0 aliphatic carbocycles. The smallest absolute Gasteiger partial charge is 0.273 e. The Morgan fingerprint density at radius 2 is 1.87 bits per heavy atom. The number of nitrogens with zero attached hydrogens (tertiary/aromatic N) is 2. The molecule has 0 unspecified atom stereocenters. The predicted octanol–water partition coefficient (Wildman–Crippen LogP) is 5.48. The quantitative estimate of drug-likeness (QED) is 0.546. The zero-order chi connectivity index (χ0) is 20.9. The Kier molecular flexibility index (Phi) is 6.65. The molecule has 2 aromatic heterocycles. The number of benzene rings is 1. The van der Waals surface area contributed by atoms with E-state index >= 15 is 0 Å². The van der Waals surface area contributed by atoms with Gasteiger partial charge in [0.15, 0.2) is 11.5 Å². The molecule has 0 bridgehead atoms. The van der Waals surface area contributed by atoms with Crippen molar-refractivity contribution < 1.29 is 9.32 Å². The molecule has 1 aliphatic heterocycles. The Morgan fingerprint density at radius 3 is 2.53 bits per heavy atom. The number of likely N-dealkylation sites (tertiary alicyclic amines) is 1. The van der Waals surface area contributed by atoms with E-state index in [-0.39, 0.29) is 11.9 Å². The molecule has 1 fully saturated rings. The van der Waals surface area contributed by atoms with Crippen LogP contribution in [0.2, 0.25) is 0 Å². The molecule has 3 aromatic rings. The molecule has 5 nitrogen and oxygen atoms in total. The normalized spacial score (nSPS) is 16.0. The van der Waals surface area contributed by atoms with Gasteiger partial charge in [-0.05, 0) is 54.4 Å². The highest BCUT2D eigenvalue weighted by atomic mass is 32.1. The van der Waals surface area contributed by atoms with E-state index in [0.29, 0.717) is 23.9 Å². The summed E-state index contributed by atoms with van der Waals surface area (Å²) in [5.41, 5.74) is 2.91. The van der Waals surface area contributed by atoms with Crippen molar-refractivity contribution in [2.45, 2.75) is 45.1 Å². The minimum atomic E-state index is -0.192. The highest BCUT2D eigenvalue weighted by molar-refractivity contribution is 7.13. The fraction of sp³-hybridized carbons (Fsp3) is 0.417. The largest absolute Gasteiger partial charge is 0.355 e. The topological polar surface area (TPSA) is 58.4 Å². The van der Waals surface area contributed by atoms with Gasteiger partial charge >= 0.3 is 0 Å². The first-order valence-electron chi connectivity index (χ1n) is 10.7. The lowest BCUT2D eigenvalue weighted by Gasteiger charge is -2.35. The lowest BCUT2D eigenvalue weighted by molar-refractivity contribution is 0.0915. The van der Waals surface area contributed by atoms with Crippen molar-refractivity contribution in [1.82, 2.24) is 15.4 Å². The number of nitrogens with one attached hydrogen (secondary N) is 1. The summed E-state index contributed by atoms with van der Waals surface area (Å²) in [4.78, 5) is 16.2. The summed E-state index contributed by atoms with van der Waals surface area (Å²) < 4.78 is 5.36. The standard InChI is InChI=1S/C24H29N3O2S/c1-17(2)18-8-10-19(11-9-18)21(27-12-4-3-5-13-27)16-25-24(28)20-15-22(29-26-20)23-7-6-14-30-23/h6-11,14-15,17,21H,3-5,12-13,16H2,1-2H3,(H,25,28)/t21-/m1/s1. The Morgan fingerprint density at radius 1 is 1.13 bits per heavy atom. The van der Waals surface area contributed by atoms with E-state index in [2.05, 4.69) is 53.5 Å². The molecule has 0 saturated carbocycles. The van der Waals surface area contributed by atoms with Gasteiger partial charge in [-0.25, -0.2) is 0 Å². The zero-order valence-corrected chi connectivity index (χ0v) is 18.5. The maximum absolute atomic E-state index is 12.7. The number of thiophene rings is 1. The van der Waals surface area contributed by atoms with Crippen molar-refractivity contribution >= 4 is 17.2 Å². The van der Waals surface area contributed by atoms with Crippen molar-refractivity contribution in [2.75, 3.05) is 19.6 Å². The van der Waals surface area contributed by atoms with Gasteiger partial charge in [0.1, 0.15) is 0 Å². The van der Waals surface area contributed by atoms with E-state index in [1.165, 1.54) is 30.4 Å². The summed E-state index contributed by atoms with van der Waals surface area (Å²) >= 11 is 1.57. The van der Waals surface area contributed by atoms with Gasteiger partial charge in [-0.1, -0.05) is 55.8 Å². The summed E-state index contributed by atoms with van der Waals surface area (Å²) in [6.07, 6.45) is 3.70. The number of aromatic nitrogens is 1. The Balaban J connectivity index is 1.46. The summed E-state index contributed by atoms with van der Waals surface area (Å²) in [5.74, 6) is 0.950. The van der Waals surface area contributed by atoms with Crippen molar-refractivity contribution in [3.63, 3.8) is 0 Å². The summed E-state index contributed by atoms with van der Waals surface area (Å²) in [6, 6.07) is 14.6. The molecule has 30 heavy (non-hydrogen) atoms. The van der Waals surface area contributed by atoms with Crippen LogP contribution in [0.5, 0.6) is 0 Å². The molecule has 6 heteroatoms. The number of hydrogen-bond acceptors (Lipinski definition) is 5. The maximum atomic E-state index is 12.7. The molecular formula is C24H29N3O2S. The third-order valence-electron chi connectivity index (χ3n) is 5.78. The van der Waals surface area contributed by atoms with Crippen LogP contribution in [0.3, 0.4) is 0 Å². The summed E-state index contributed by atoms with van der Waals surface area (Å²) in [7, 11) is 0. The molecule has 1 atom stereocenters. The Labute approximate surface area is 182 Å². The molecule has 1 amide bonds. The third-order valence-corrected chi connectivity index (χ3v) is 6.67. The van der Waals surface area contributed by atoms with E-state index in [1.54, 1.807) is 17.4 Å². The van der Waals surface area contributed by atoms with Gasteiger partial charge in [-0.3, -0.25) is 9.69 Å². The predicted molar refractivity (Wildman–Crippen MR) is 121 cm³/mol. The van der Waals surface area contributed by atoms with Crippen LogP contribution in [-0.4, -0.2) is 35.6 Å². The molecule has 1 N–H and O–H groups in total. The first-order chi connectivity index (χ1) is 14.6. The molecule has 0 spiro atoms. The summed E-state index contributed by atoms with van der Waals surface area (Å²) in [5, 5.41) is 9.04. The van der Waals surface area contributed by atoms with Crippen LogP contribution in [-0.2, 0) is 0 Å². The van der Waals surface area contributed by atoms with Crippen LogP contribution in [0, 0.1) is 0 Å². The Hall–Kier alpha value is -2.44. The van der Waals surface area contributed by atoms with Crippen LogP contribution in [0.15, 0.2) is 52.4 Å². The molecule has 4 rings (SSSR count). The monoisotopic (exact) mass is 423 g/mol. The van der Waals surface area contributed by atoms with Gasteiger partial charge in [-0.15, -0.1) is 11.3 Å². The molecule has 1 aliphatic rings. The lowest BCUT2D eigenvalue weighted by atomic mass is 9.97. The average molecular weight is 424 g/mol. The first kappa shape index (κ1) is 20.8. The van der Waals surface area contributed by atoms with Crippen LogP contribution in [0.1, 0.15) is 66.7 Å². The number of carbonyl (C=O) groups is 1. The van der Waals surface area contributed by atoms with Crippen LogP contribution in [0.4, 0.5) is 0 Å². The van der Waals surface area contributed by atoms with Crippen molar-refractivity contribution in [1.29, 1.82) is 0 Å². The van der Waals surface area contributed by atoms with Crippen LogP contribution in [0.25, 0.3) is 10.6 Å². The number of rotatable bonds is 7. The molecule has 1 aromatic carbocycles. The second-order valence-corrected chi connectivity index (χ2v) is 9.15. The molecule has 3 heterocycles. The molecule has 158 valence electrons. The number of piperidine rings is 1. The van der Waals surface area contributed by atoms with Crippen LogP contribution >= 0.6 is 11.3 Å². The zero-order valence-electron chi connectivity index (χ0n) is 17.6. The second kappa shape index (κ2) is 9.58. The fourth-order valence-electron chi connectivity index (χ4n) is 3.99. The van der Waals surface area contributed by atoms with E-state index < -0.39 is 0 Å². The maximum Gasteiger partial charge on any atom is 0.273 e. The van der Waals surface area contributed by atoms with E-state index in [1.807, 2.05) is 17.5 Å². The van der Waals surface area contributed by atoms with E-state index in [0.717, 1.165) is 18.0 Å². The SMILES string of the molecule is CC(C)c1ccc([C@@H](CNC(=O)c2cc(-c3cccs3)on2)N2CCCCC2)cc1.